The number of carbonyl (C=O) groups is 3. The maximum Gasteiger partial charge on any atom is 0.245 e. The van der Waals surface area contributed by atoms with Crippen molar-refractivity contribution in [3.63, 3.8) is 0 Å². The minimum Gasteiger partial charge on any atom is -0.497 e. The summed E-state index contributed by atoms with van der Waals surface area (Å²) in [6.45, 7) is 7.12. The van der Waals surface area contributed by atoms with Crippen LogP contribution in [0.4, 0.5) is 11.4 Å². The molecule has 1 heterocycles. The number of carbonyl (C=O) groups excluding carboxylic acids is 3. The third-order valence-corrected chi connectivity index (χ3v) is 7.27. The summed E-state index contributed by atoms with van der Waals surface area (Å²) in [6, 6.07) is 15.1. The second-order valence-electron chi connectivity index (χ2n) is 10.9. The number of nitrogens with zero attached hydrogens (tertiary/aromatic N) is 1. The Morgan fingerprint density at radius 2 is 1.79 bits per heavy atom. The van der Waals surface area contributed by atoms with Gasteiger partial charge in [0.15, 0.2) is 0 Å². The van der Waals surface area contributed by atoms with Gasteiger partial charge in [0.2, 0.25) is 17.7 Å². The Morgan fingerprint density at radius 1 is 1.08 bits per heavy atom. The summed E-state index contributed by atoms with van der Waals surface area (Å²) < 4.78 is 5.31. The number of hydrogen-bond acceptors (Lipinski definition) is 5. The van der Waals surface area contributed by atoms with Crippen LogP contribution < -0.4 is 21.1 Å². The number of nitrogens with two attached hydrogens (primary N) is 1. The normalized spacial score (nSPS) is 17.3. The van der Waals surface area contributed by atoms with Gasteiger partial charge in [0.25, 0.3) is 0 Å². The molecule has 0 saturated carbocycles. The van der Waals surface area contributed by atoms with E-state index in [2.05, 4.69) is 10.6 Å². The lowest BCUT2D eigenvalue weighted by atomic mass is 9.81. The average Bonchev–Trinajstić information content (AvgIpc) is 3.07. The Hall–Kier alpha value is -3.55. The third-order valence-electron chi connectivity index (χ3n) is 7.27. The number of anilines is 2. The molecule has 212 valence electrons. The van der Waals surface area contributed by atoms with E-state index in [1.165, 1.54) is 0 Å². The zero-order valence-corrected chi connectivity index (χ0v) is 23.7. The average molecular weight is 537 g/mol. The number of methoxy groups -OCH3 is 1. The minimum absolute atomic E-state index is 0.0820. The van der Waals surface area contributed by atoms with E-state index in [-0.39, 0.29) is 17.7 Å². The van der Waals surface area contributed by atoms with Crippen molar-refractivity contribution < 1.29 is 19.1 Å². The van der Waals surface area contributed by atoms with Gasteiger partial charge in [0.05, 0.1) is 7.11 Å². The summed E-state index contributed by atoms with van der Waals surface area (Å²) in [4.78, 5) is 41.1. The molecule has 2 aromatic rings. The molecular formula is C31H44N4O4. The molecule has 39 heavy (non-hydrogen) atoms. The first kappa shape index (κ1) is 30.0. The quantitative estimate of drug-likeness (QED) is 0.333. The SMILES string of the molecule is CCC[C@H](C(N)=O)[C@@H](CC(C)C)C(=O)N[C@H]1CCCCN(Cc2cccc(Nc3cccc(OC)c3)c2)C1=O. The molecule has 1 aliphatic heterocycles. The zero-order chi connectivity index (χ0) is 28.4. The van der Waals surface area contributed by atoms with Gasteiger partial charge in [-0.15, -0.1) is 0 Å². The lowest BCUT2D eigenvalue weighted by molar-refractivity contribution is -0.139. The fraction of sp³-hybridized carbons (Fsp3) is 0.516. The molecule has 3 rings (SSSR count). The molecular weight excluding hydrogens is 492 g/mol. The highest BCUT2D eigenvalue weighted by Crippen LogP contribution is 2.27. The van der Waals surface area contributed by atoms with E-state index in [0.29, 0.717) is 32.4 Å². The van der Waals surface area contributed by atoms with E-state index in [4.69, 9.17) is 10.5 Å². The molecule has 0 aliphatic carbocycles. The summed E-state index contributed by atoms with van der Waals surface area (Å²) in [5.74, 6) is -0.855. The molecule has 0 radical (unpaired) electrons. The van der Waals surface area contributed by atoms with Crippen LogP contribution in [-0.2, 0) is 20.9 Å². The first-order valence-corrected chi connectivity index (χ1v) is 14.1. The van der Waals surface area contributed by atoms with Crippen molar-refractivity contribution in [3.8, 4) is 5.75 Å². The van der Waals surface area contributed by atoms with Crippen molar-refractivity contribution in [2.24, 2.45) is 23.5 Å². The molecule has 0 unspecified atom stereocenters. The molecule has 1 fully saturated rings. The predicted octanol–water partition coefficient (Wildman–Crippen LogP) is 5.00. The van der Waals surface area contributed by atoms with Gasteiger partial charge in [0.1, 0.15) is 11.8 Å². The largest absolute Gasteiger partial charge is 0.497 e. The molecule has 0 aromatic heterocycles. The molecule has 8 heteroatoms. The number of nitrogens with one attached hydrogen (secondary N) is 2. The van der Waals surface area contributed by atoms with Gasteiger partial charge in [-0.2, -0.15) is 0 Å². The molecule has 0 spiro atoms. The maximum absolute atomic E-state index is 13.6. The second-order valence-corrected chi connectivity index (χ2v) is 10.9. The van der Waals surface area contributed by atoms with Crippen molar-refractivity contribution in [3.05, 3.63) is 54.1 Å². The summed E-state index contributed by atoms with van der Waals surface area (Å²) in [7, 11) is 1.64. The van der Waals surface area contributed by atoms with Crippen LogP contribution in [0.3, 0.4) is 0 Å². The van der Waals surface area contributed by atoms with E-state index in [1.807, 2.05) is 74.2 Å². The molecule has 2 aromatic carbocycles. The van der Waals surface area contributed by atoms with Gasteiger partial charge in [-0.05, 0) is 67.9 Å². The van der Waals surface area contributed by atoms with Crippen LogP contribution in [0.15, 0.2) is 48.5 Å². The Morgan fingerprint density at radius 3 is 2.46 bits per heavy atom. The monoisotopic (exact) mass is 536 g/mol. The van der Waals surface area contributed by atoms with Crippen LogP contribution in [-0.4, -0.2) is 42.3 Å². The van der Waals surface area contributed by atoms with E-state index in [0.717, 1.165) is 42.0 Å². The standard InChI is InChI=1S/C31H44N4O4/c1-5-10-26(29(32)36)27(17-21(2)3)30(37)34-28-15-6-7-16-35(31(28)38)20-22-11-8-12-23(18-22)33-24-13-9-14-25(19-24)39-4/h8-9,11-14,18-19,21,26-28,33H,5-7,10,15-17,20H2,1-4H3,(H2,32,36)(H,34,37)/t26-,27+,28-/m0/s1. The summed E-state index contributed by atoms with van der Waals surface area (Å²) in [5, 5.41) is 6.41. The van der Waals surface area contributed by atoms with Crippen molar-refractivity contribution in [2.45, 2.75) is 71.9 Å². The number of rotatable bonds is 13. The highest BCUT2D eigenvalue weighted by atomic mass is 16.5. The molecule has 8 nitrogen and oxygen atoms in total. The molecule has 3 amide bonds. The number of benzene rings is 2. The first-order valence-electron chi connectivity index (χ1n) is 14.1. The van der Waals surface area contributed by atoms with Crippen LogP contribution in [0.5, 0.6) is 5.75 Å². The Bertz CT molecular complexity index is 1120. The molecule has 4 N–H and O–H groups in total. The Balaban J connectivity index is 1.71. The Labute approximate surface area is 232 Å². The molecule has 1 aliphatic rings. The fourth-order valence-corrected chi connectivity index (χ4v) is 5.32. The van der Waals surface area contributed by atoms with Gasteiger partial charge < -0.3 is 26.0 Å². The van der Waals surface area contributed by atoms with Crippen LogP contribution in [0.1, 0.15) is 64.9 Å². The van der Waals surface area contributed by atoms with Gasteiger partial charge in [-0.3, -0.25) is 14.4 Å². The fourth-order valence-electron chi connectivity index (χ4n) is 5.32. The number of hydrogen-bond donors (Lipinski definition) is 3. The maximum atomic E-state index is 13.6. The van der Waals surface area contributed by atoms with Crippen LogP contribution in [0.25, 0.3) is 0 Å². The lowest BCUT2D eigenvalue weighted by Crippen LogP contribution is -2.50. The van der Waals surface area contributed by atoms with E-state index in [1.54, 1.807) is 7.11 Å². The van der Waals surface area contributed by atoms with Crippen molar-refractivity contribution in [1.82, 2.24) is 10.2 Å². The van der Waals surface area contributed by atoms with Gasteiger partial charge in [0, 0.05) is 42.4 Å². The summed E-state index contributed by atoms with van der Waals surface area (Å²) >= 11 is 0. The third kappa shape index (κ3) is 8.73. The minimum atomic E-state index is -0.608. The van der Waals surface area contributed by atoms with Gasteiger partial charge >= 0.3 is 0 Å². The highest BCUT2D eigenvalue weighted by molar-refractivity contribution is 5.91. The number of ether oxygens (including phenoxy) is 1. The Kier molecular flexibility index (Phi) is 11.2. The van der Waals surface area contributed by atoms with Crippen molar-refractivity contribution in [1.29, 1.82) is 0 Å². The van der Waals surface area contributed by atoms with E-state index < -0.39 is 23.8 Å². The second kappa shape index (κ2) is 14.6. The zero-order valence-electron chi connectivity index (χ0n) is 23.7. The molecule has 0 bridgehead atoms. The van der Waals surface area contributed by atoms with Crippen LogP contribution in [0.2, 0.25) is 0 Å². The van der Waals surface area contributed by atoms with Crippen LogP contribution >= 0.6 is 0 Å². The summed E-state index contributed by atoms with van der Waals surface area (Å²) in [5.41, 5.74) is 8.52. The van der Waals surface area contributed by atoms with E-state index >= 15 is 0 Å². The van der Waals surface area contributed by atoms with Crippen LogP contribution in [0, 0.1) is 17.8 Å². The number of amides is 3. The number of primary amides is 1. The van der Waals surface area contributed by atoms with E-state index in [9.17, 15) is 14.4 Å². The van der Waals surface area contributed by atoms with Gasteiger partial charge in [-0.25, -0.2) is 0 Å². The highest BCUT2D eigenvalue weighted by Gasteiger charge is 2.35. The lowest BCUT2D eigenvalue weighted by Gasteiger charge is -2.29. The predicted molar refractivity (Wildman–Crippen MR) is 154 cm³/mol. The number of likely N-dealkylation sites (tertiary alicyclic amines) is 1. The van der Waals surface area contributed by atoms with Crippen molar-refractivity contribution in [2.75, 3.05) is 19.0 Å². The van der Waals surface area contributed by atoms with Gasteiger partial charge in [-0.1, -0.05) is 45.4 Å². The topological polar surface area (TPSA) is 114 Å². The molecule has 1 saturated heterocycles. The first-order chi connectivity index (χ1) is 18.7. The molecule has 3 atom stereocenters. The summed E-state index contributed by atoms with van der Waals surface area (Å²) in [6.07, 6.45) is 4.17. The van der Waals surface area contributed by atoms with Crippen molar-refractivity contribution >= 4 is 29.1 Å². The smallest absolute Gasteiger partial charge is 0.245 e.